The van der Waals surface area contributed by atoms with E-state index in [2.05, 4.69) is 18.8 Å². The first-order valence-corrected chi connectivity index (χ1v) is 8.03. The van der Waals surface area contributed by atoms with Crippen molar-refractivity contribution in [2.24, 2.45) is 0 Å². The second kappa shape index (κ2) is 7.20. The van der Waals surface area contributed by atoms with Crippen LogP contribution in [0.15, 0.2) is 18.2 Å². The summed E-state index contributed by atoms with van der Waals surface area (Å²) in [6, 6.07) is 5.96. The van der Waals surface area contributed by atoms with Gasteiger partial charge in [0, 0.05) is 24.9 Å². The normalized spacial score (nSPS) is 21.6. The van der Waals surface area contributed by atoms with Crippen molar-refractivity contribution in [3.63, 3.8) is 0 Å². The fourth-order valence-corrected chi connectivity index (χ4v) is 2.97. The van der Waals surface area contributed by atoms with E-state index in [9.17, 15) is 4.79 Å². The van der Waals surface area contributed by atoms with Gasteiger partial charge in [-0.25, -0.2) is 0 Å². The highest BCUT2D eigenvalue weighted by Gasteiger charge is 2.29. The zero-order valence-electron chi connectivity index (χ0n) is 12.3. The van der Waals surface area contributed by atoms with Crippen LogP contribution in [0.4, 0.5) is 0 Å². The molecule has 0 unspecified atom stereocenters. The summed E-state index contributed by atoms with van der Waals surface area (Å²) in [4.78, 5) is 14.0. The van der Waals surface area contributed by atoms with Crippen LogP contribution in [0.25, 0.3) is 0 Å². The Hall–Kier alpha value is -1.17. The van der Waals surface area contributed by atoms with E-state index in [-0.39, 0.29) is 11.9 Å². The molecule has 2 rings (SSSR count). The van der Waals surface area contributed by atoms with E-state index in [1.54, 1.807) is 0 Å². The minimum atomic E-state index is -0.0749. The summed E-state index contributed by atoms with van der Waals surface area (Å²) in [5.41, 5.74) is 1.14. The molecule has 0 aromatic heterocycles. The molecule has 21 heavy (non-hydrogen) atoms. The molecule has 0 radical (unpaired) electrons. The Balaban J connectivity index is 2.16. The largest absolute Gasteiger partial charge is 0.329 e. The van der Waals surface area contributed by atoms with Gasteiger partial charge in [-0.05, 0) is 43.4 Å². The molecule has 0 saturated carbocycles. The van der Waals surface area contributed by atoms with Gasteiger partial charge in [0.2, 0.25) is 0 Å². The van der Waals surface area contributed by atoms with Crippen LogP contribution in [0, 0.1) is 11.8 Å². The van der Waals surface area contributed by atoms with Gasteiger partial charge in [0.05, 0.1) is 10.0 Å². The van der Waals surface area contributed by atoms with Crippen molar-refractivity contribution in [1.82, 2.24) is 4.90 Å². The van der Waals surface area contributed by atoms with Crippen molar-refractivity contribution in [1.29, 1.82) is 0 Å². The first-order valence-electron chi connectivity index (χ1n) is 7.27. The molecule has 0 bridgehead atoms. The molecule has 112 valence electrons. The molecule has 4 heteroatoms. The Morgan fingerprint density at radius 2 is 2.10 bits per heavy atom. The summed E-state index contributed by atoms with van der Waals surface area (Å²) in [5.74, 6) is 5.79. The summed E-state index contributed by atoms with van der Waals surface area (Å²) in [6.45, 7) is 4.71. The fourth-order valence-electron chi connectivity index (χ4n) is 2.66. The van der Waals surface area contributed by atoms with Crippen LogP contribution in [0.3, 0.4) is 0 Å². The highest BCUT2D eigenvalue weighted by molar-refractivity contribution is 6.42. The maximum atomic E-state index is 12.2. The monoisotopic (exact) mass is 323 g/mol. The Morgan fingerprint density at radius 1 is 1.33 bits per heavy atom. The maximum Gasteiger partial charge on any atom is 0.298 e. The van der Waals surface area contributed by atoms with E-state index in [1.807, 2.05) is 30.0 Å². The van der Waals surface area contributed by atoms with Gasteiger partial charge in [0.15, 0.2) is 0 Å². The number of carbonyl (C=O) groups is 1. The van der Waals surface area contributed by atoms with E-state index in [4.69, 9.17) is 23.2 Å². The third-order valence-electron chi connectivity index (χ3n) is 3.93. The quantitative estimate of drug-likeness (QED) is 0.697. The number of amides is 1. The second-order valence-electron chi connectivity index (χ2n) is 5.41. The van der Waals surface area contributed by atoms with E-state index in [0.29, 0.717) is 28.9 Å². The lowest BCUT2D eigenvalue weighted by Gasteiger charge is -2.37. The molecule has 1 aromatic carbocycles. The number of nitrogens with zero attached hydrogens (tertiary/aromatic N) is 1. The molecule has 1 heterocycles. The molecule has 2 atom stereocenters. The third kappa shape index (κ3) is 3.93. The van der Waals surface area contributed by atoms with Crippen LogP contribution in [-0.4, -0.2) is 23.4 Å². The molecule has 2 nitrogen and oxygen atoms in total. The molecule has 1 aliphatic heterocycles. The van der Waals surface area contributed by atoms with Gasteiger partial charge >= 0.3 is 0 Å². The summed E-state index contributed by atoms with van der Waals surface area (Å²) >= 11 is 12.1. The van der Waals surface area contributed by atoms with E-state index in [0.717, 1.165) is 18.4 Å². The fraction of sp³-hybridized carbons (Fsp3) is 0.471. The summed E-state index contributed by atoms with van der Waals surface area (Å²) in [7, 11) is 0. The predicted octanol–water partition coefficient (Wildman–Crippen LogP) is 4.50. The van der Waals surface area contributed by atoms with Crippen molar-refractivity contribution in [2.75, 3.05) is 6.54 Å². The lowest BCUT2D eigenvalue weighted by Crippen LogP contribution is -2.44. The average molecular weight is 324 g/mol. The van der Waals surface area contributed by atoms with Crippen LogP contribution >= 0.6 is 23.2 Å². The number of hydrogen-bond acceptors (Lipinski definition) is 1. The van der Waals surface area contributed by atoms with Crippen molar-refractivity contribution in [3.05, 3.63) is 33.8 Å². The lowest BCUT2D eigenvalue weighted by molar-refractivity contribution is -0.128. The Kier molecular flexibility index (Phi) is 5.56. The minimum absolute atomic E-state index is 0.0749. The number of piperidine rings is 1. The van der Waals surface area contributed by atoms with Gasteiger partial charge in [0.25, 0.3) is 5.91 Å². The Morgan fingerprint density at radius 3 is 2.76 bits per heavy atom. The summed E-state index contributed by atoms with van der Waals surface area (Å²) in [5, 5.41) is 1.13. The Labute approximate surface area is 136 Å². The van der Waals surface area contributed by atoms with Crippen molar-refractivity contribution < 1.29 is 4.79 Å². The van der Waals surface area contributed by atoms with E-state index in [1.165, 1.54) is 0 Å². The van der Waals surface area contributed by atoms with Crippen LogP contribution in [0.2, 0.25) is 10.0 Å². The average Bonchev–Trinajstić information content (AvgIpc) is 2.48. The highest BCUT2D eigenvalue weighted by Crippen LogP contribution is 2.33. The van der Waals surface area contributed by atoms with Crippen molar-refractivity contribution >= 4 is 29.1 Å². The number of carbonyl (C=O) groups excluding carboxylic acids is 1. The van der Waals surface area contributed by atoms with Gasteiger partial charge in [-0.1, -0.05) is 42.1 Å². The topological polar surface area (TPSA) is 20.3 Å². The maximum absolute atomic E-state index is 12.2. The predicted molar refractivity (Wildman–Crippen MR) is 87.7 cm³/mol. The number of halogens is 2. The molecule has 1 aromatic rings. The standard InChI is InChI=1S/C17H19Cl2NO/c1-3-4-5-17(21)20-11-14(7-6-12(20)2)13-8-9-15(18)16(19)10-13/h8-10,12,14H,3,6-7,11H2,1-2H3/t12-,14+/m0/s1. The molecule has 1 saturated heterocycles. The summed E-state index contributed by atoms with van der Waals surface area (Å²) < 4.78 is 0. The lowest BCUT2D eigenvalue weighted by atomic mass is 9.87. The van der Waals surface area contributed by atoms with Crippen LogP contribution in [-0.2, 0) is 4.79 Å². The van der Waals surface area contributed by atoms with Gasteiger partial charge in [0.1, 0.15) is 0 Å². The molecule has 1 fully saturated rings. The first-order chi connectivity index (χ1) is 10.0. The van der Waals surface area contributed by atoms with Gasteiger partial charge in [-0.2, -0.15) is 0 Å². The van der Waals surface area contributed by atoms with E-state index < -0.39 is 0 Å². The zero-order chi connectivity index (χ0) is 15.4. The van der Waals surface area contributed by atoms with Crippen molar-refractivity contribution in [2.45, 2.75) is 45.1 Å². The molecule has 1 aliphatic rings. The van der Waals surface area contributed by atoms with Crippen LogP contribution in [0.1, 0.15) is 44.6 Å². The van der Waals surface area contributed by atoms with Gasteiger partial charge < -0.3 is 4.90 Å². The van der Waals surface area contributed by atoms with Crippen molar-refractivity contribution in [3.8, 4) is 11.8 Å². The highest BCUT2D eigenvalue weighted by atomic mass is 35.5. The van der Waals surface area contributed by atoms with Gasteiger partial charge in [-0.3, -0.25) is 4.79 Å². The molecular formula is C17H19Cl2NO. The first kappa shape index (κ1) is 16.2. The molecule has 1 amide bonds. The zero-order valence-corrected chi connectivity index (χ0v) is 13.8. The Bertz CT molecular complexity index is 588. The molecule has 0 spiro atoms. The molecular weight excluding hydrogens is 305 g/mol. The summed E-state index contributed by atoms with van der Waals surface area (Å²) in [6.07, 6.45) is 2.72. The van der Waals surface area contributed by atoms with Gasteiger partial charge in [-0.15, -0.1) is 0 Å². The SMILES string of the molecule is CCC#CC(=O)N1C[C@H](c2ccc(Cl)c(Cl)c2)CC[C@@H]1C. The second-order valence-corrected chi connectivity index (χ2v) is 6.22. The minimum Gasteiger partial charge on any atom is -0.329 e. The molecule has 0 aliphatic carbocycles. The number of benzene rings is 1. The van der Waals surface area contributed by atoms with E-state index >= 15 is 0 Å². The smallest absolute Gasteiger partial charge is 0.298 e. The van der Waals surface area contributed by atoms with Crippen LogP contribution < -0.4 is 0 Å². The molecule has 0 N–H and O–H groups in total. The number of rotatable bonds is 1. The third-order valence-corrected chi connectivity index (χ3v) is 4.67. The number of hydrogen-bond donors (Lipinski definition) is 0. The van der Waals surface area contributed by atoms with Crippen LogP contribution in [0.5, 0.6) is 0 Å². The number of likely N-dealkylation sites (tertiary alicyclic amines) is 1.